The van der Waals surface area contributed by atoms with Gasteiger partial charge in [0.2, 0.25) is 0 Å². The van der Waals surface area contributed by atoms with Gasteiger partial charge < -0.3 is 19.3 Å². The second kappa shape index (κ2) is 7.73. The third-order valence-corrected chi connectivity index (χ3v) is 6.34. The topological polar surface area (TPSA) is 52.4 Å². The molecule has 3 atom stereocenters. The highest BCUT2D eigenvalue weighted by Crippen LogP contribution is 2.40. The van der Waals surface area contributed by atoms with Crippen LogP contribution in [-0.2, 0) is 6.42 Å². The Kier molecular flexibility index (Phi) is 5.24. The van der Waals surface area contributed by atoms with Crippen molar-refractivity contribution in [3.63, 3.8) is 0 Å². The van der Waals surface area contributed by atoms with Gasteiger partial charge in [0.1, 0.15) is 34.7 Å². The van der Waals surface area contributed by atoms with Crippen LogP contribution in [0.15, 0.2) is 36.4 Å². The molecule has 5 heteroatoms. The number of quaternary nitrogens is 1. The number of rotatable bonds is 4. The van der Waals surface area contributed by atoms with E-state index in [1.165, 1.54) is 16.0 Å². The van der Waals surface area contributed by atoms with E-state index in [0.29, 0.717) is 11.8 Å². The molecule has 1 heterocycles. The minimum atomic E-state index is 0.170. The number of methoxy groups -OCH3 is 3. The van der Waals surface area contributed by atoms with Crippen molar-refractivity contribution in [1.29, 1.82) is 0 Å². The second-order valence-corrected chi connectivity index (χ2v) is 8.21. The molecule has 0 radical (unpaired) electrons. The molecule has 5 nitrogen and oxygen atoms in total. The lowest BCUT2D eigenvalue weighted by atomic mass is 9.87. The molecule has 30 heavy (non-hydrogen) atoms. The van der Waals surface area contributed by atoms with Gasteiger partial charge in [-0.1, -0.05) is 0 Å². The van der Waals surface area contributed by atoms with Crippen molar-refractivity contribution in [2.45, 2.75) is 39.3 Å². The molecule has 4 rings (SSSR count). The summed E-state index contributed by atoms with van der Waals surface area (Å²) in [6.07, 6.45) is 0.911. The average Bonchev–Trinajstić information content (AvgIpc) is 2.72. The Morgan fingerprint density at radius 2 is 1.67 bits per heavy atom. The Balaban J connectivity index is 1.93. The highest BCUT2D eigenvalue weighted by molar-refractivity contribution is 6.00. The molecule has 0 amide bonds. The average molecular weight is 409 g/mol. The number of aromatic hydroxyl groups is 1. The van der Waals surface area contributed by atoms with Gasteiger partial charge in [0.25, 0.3) is 0 Å². The third kappa shape index (κ3) is 3.14. The lowest BCUT2D eigenvalue weighted by Crippen LogP contribution is -3.12. The minimum Gasteiger partial charge on any atom is -0.507 e. The molecule has 2 unspecified atom stereocenters. The summed E-state index contributed by atoms with van der Waals surface area (Å²) < 4.78 is 16.8. The number of ether oxygens (including phenoxy) is 3. The van der Waals surface area contributed by atoms with Crippen molar-refractivity contribution in [1.82, 2.24) is 0 Å². The first-order chi connectivity index (χ1) is 14.4. The van der Waals surface area contributed by atoms with Crippen LogP contribution >= 0.6 is 0 Å². The van der Waals surface area contributed by atoms with Crippen molar-refractivity contribution in [3.05, 3.63) is 53.1 Å². The Hall–Kier alpha value is -2.92. The Morgan fingerprint density at radius 1 is 0.933 bits per heavy atom. The molecule has 1 aliphatic heterocycles. The number of nitrogens with one attached hydrogen (secondary N) is 1. The number of aryl methyl sites for hydroxylation is 1. The normalized spacial score (nSPS) is 20.7. The number of benzene rings is 3. The van der Waals surface area contributed by atoms with Gasteiger partial charge in [-0.25, -0.2) is 0 Å². The minimum absolute atomic E-state index is 0.170. The standard InChI is InChI=1S/C25H29NO4/c1-14-9-19-20(7-8-22(29-5)25(19)21(27)10-14)26-15(2)11-17-12-18(28-4)13-23(30-6)24(17)16(26)3/h7-10,12-13,15-16,27H,11H2,1-6H3/p+1/t15-,16?/m0/s1. The third-order valence-electron chi connectivity index (χ3n) is 6.34. The van der Waals surface area contributed by atoms with E-state index in [4.69, 9.17) is 14.2 Å². The molecule has 1 aliphatic rings. The van der Waals surface area contributed by atoms with Gasteiger partial charge >= 0.3 is 0 Å². The van der Waals surface area contributed by atoms with Crippen LogP contribution in [0.3, 0.4) is 0 Å². The molecule has 3 aromatic rings. The maximum atomic E-state index is 10.7. The van der Waals surface area contributed by atoms with Crippen LogP contribution in [0, 0.1) is 6.92 Å². The Labute approximate surface area is 177 Å². The maximum absolute atomic E-state index is 10.7. The van der Waals surface area contributed by atoms with Crippen LogP contribution in [0.4, 0.5) is 5.69 Å². The molecule has 0 saturated heterocycles. The zero-order chi connectivity index (χ0) is 21.6. The van der Waals surface area contributed by atoms with E-state index in [1.807, 2.05) is 19.1 Å². The van der Waals surface area contributed by atoms with Gasteiger partial charge in [-0.2, -0.15) is 0 Å². The summed E-state index contributed by atoms with van der Waals surface area (Å²) in [6.45, 7) is 6.52. The first-order valence-corrected chi connectivity index (χ1v) is 10.3. The molecule has 0 aliphatic carbocycles. The van der Waals surface area contributed by atoms with E-state index in [9.17, 15) is 5.11 Å². The van der Waals surface area contributed by atoms with Gasteiger partial charge in [-0.05, 0) is 56.2 Å². The van der Waals surface area contributed by atoms with E-state index in [1.54, 1.807) is 27.4 Å². The Morgan fingerprint density at radius 3 is 2.33 bits per heavy atom. The maximum Gasteiger partial charge on any atom is 0.140 e. The first kappa shape index (κ1) is 20.4. The van der Waals surface area contributed by atoms with Crippen molar-refractivity contribution in [3.8, 4) is 23.0 Å². The fraction of sp³-hybridized carbons (Fsp3) is 0.360. The number of hydrogen-bond acceptors (Lipinski definition) is 4. The molecule has 2 N–H and O–H groups in total. The fourth-order valence-electron chi connectivity index (χ4n) is 5.12. The lowest BCUT2D eigenvalue weighted by molar-refractivity contribution is -0.891. The molecule has 158 valence electrons. The van der Waals surface area contributed by atoms with Crippen LogP contribution in [0.25, 0.3) is 10.8 Å². The number of hydrogen-bond donors (Lipinski definition) is 2. The van der Waals surface area contributed by atoms with E-state index in [2.05, 4.69) is 32.0 Å². The largest absolute Gasteiger partial charge is 0.507 e. The fourth-order valence-corrected chi connectivity index (χ4v) is 5.12. The predicted octanol–water partition coefficient (Wildman–Crippen LogP) is 4.10. The van der Waals surface area contributed by atoms with Crippen molar-refractivity contribution in [2.75, 3.05) is 21.3 Å². The Bertz CT molecular complexity index is 1110. The molecule has 0 aromatic heterocycles. The van der Waals surface area contributed by atoms with E-state index in [-0.39, 0.29) is 11.8 Å². The molecular weight excluding hydrogens is 378 g/mol. The summed E-state index contributed by atoms with van der Waals surface area (Å²) in [4.78, 5) is 1.35. The molecule has 0 saturated carbocycles. The molecule has 0 bridgehead atoms. The zero-order valence-corrected chi connectivity index (χ0v) is 18.5. The first-order valence-electron chi connectivity index (χ1n) is 10.3. The van der Waals surface area contributed by atoms with Gasteiger partial charge in [0, 0.05) is 18.6 Å². The highest BCUT2D eigenvalue weighted by atomic mass is 16.5. The van der Waals surface area contributed by atoms with E-state index < -0.39 is 0 Å². The summed E-state index contributed by atoms with van der Waals surface area (Å²) in [5, 5.41) is 12.5. The summed E-state index contributed by atoms with van der Waals surface area (Å²) in [7, 11) is 5.04. The van der Waals surface area contributed by atoms with Crippen LogP contribution in [0.1, 0.15) is 36.6 Å². The quantitative estimate of drug-likeness (QED) is 0.682. The molecule has 0 fully saturated rings. The van der Waals surface area contributed by atoms with Crippen LogP contribution in [-0.4, -0.2) is 32.5 Å². The summed E-state index contributed by atoms with van der Waals surface area (Å²) >= 11 is 0. The zero-order valence-electron chi connectivity index (χ0n) is 18.5. The monoisotopic (exact) mass is 408 g/mol. The van der Waals surface area contributed by atoms with Gasteiger partial charge in [0.15, 0.2) is 0 Å². The number of fused-ring (bicyclic) bond motifs is 2. The van der Waals surface area contributed by atoms with Crippen molar-refractivity contribution < 1.29 is 24.2 Å². The van der Waals surface area contributed by atoms with Crippen LogP contribution in [0.2, 0.25) is 0 Å². The summed E-state index contributed by atoms with van der Waals surface area (Å²) in [5.41, 5.74) is 4.67. The second-order valence-electron chi connectivity index (χ2n) is 8.21. The van der Waals surface area contributed by atoms with Gasteiger partial charge in [-0.15, -0.1) is 0 Å². The summed E-state index contributed by atoms with van der Waals surface area (Å²) in [6, 6.07) is 12.6. The SMILES string of the molecule is COc1cc2c(c(OC)c1)C(C)[NH+](c1ccc(OC)c3c(O)cc(C)cc13)[C@@H](C)C2. The van der Waals surface area contributed by atoms with Crippen molar-refractivity contribution >= 4 is 16.5 Å². The predicted molar refractivity (Wildman–Crippen MR) is 119 cm³/mol. The lowest BCUT2D eigenvalue weighted by Gasteiger charge is -2.38. The van der Waals surface area contributed by atoms with E-state index >= 15 is 0 Å². The van der Waals surface area contributed by atoms with Crippen LogP contribution < -0.4 is 19.1 Å². The smallest absolute Gasteiger partial charge is 0.140 e. The highest BCUT2D eigenvalue weighted by Gasteiger charge is 2.38. The van der Waals surface area contributed by atoms with Crippen molar-refractivity contribution in [2.24, 2.45) is 0 Å². The summed E-state index contributed by atoms with van der Waals surface area (Å²) in [5.74, 6) is 2.62. The molecule has 3 aromatic carbocycles. The van der Waals surface area contributed by atoms with Gasteiger partial charge in [0.05, 0.1) is 43.7 Å². The van der Waals surface area contributed by atoms with Crippen LogP contribution in [0.5, 0.6) is 23.0 Å². The molecular formula is C25H30NO4+. The molecule has 0 spiro atoms. The number of phenols is 1. The van der Waals surface area contributed by atoms with E-state index in [0.717, 1.165) is 39.9 Å². The number of phenolic OH excluding ortho intramolecular Hbond substituents is 1. The van der Waals surface area contributed by atoms with Gasteiger partial charge in [-0.3, -0.25) is 4.90 Å².